The highest BCUT2D eigenvalue weighted by Gasteiger charge is 2.11. The second-order valence-corrected chi connectivity index (χ2v) is 4.20. The van der Waals surface area contributed by atoms with Crippen LogP contribution >= 0.6 is 11.3 Å². The molecule has 0 unspecified atom stereocenters. The zero-order valence-corrected chi connectivity index (χ0v) is 8.95. The Morgan fingerprint density at radius 3 is 2.64 bits per heavy atom. The molecule has 0 amide bonds. The molecule has 0 saturated heterocycles. The predicted molar refractivity (Wildman–Crippen MR) is 57.2 cm³/mol. The molecule has 0 aliphatic heterocycles. The molecule has 4 heteroatoms. The van der Waals surface area contributed by atoms with Gasteiger partial charge in [-0.25, -0.2) is 0 Å². The smallest absolute Gasteiger partial charge is 0.104 e. The van der Waals surface area contributed by atoms with Crippen LogP contribution in [-0.2, 0) is 0 Å². The molecule has 0 aromatic carbocycles. The Labute approximate surface area is 86.9 Å². The Morgan fingerprint density at radius 1 is 1.21 bits per heavy atom. The van der Waals surface area contributed by atoms with Gasteiger partial charge in [-0.2, -0.15) is 0 Å². The van der Waals surface area contributed by atoms with E-state index in [0.717, 1.165) is 16.3 Å². The summed E-state index contributed by atoms with van der Waals surface area (Å²) in [5.41, 5.74) is 3.82. The summed E-state index contributed by atoms with van der Waals surface area (Å²) in [5, 5.41) is 0. The van der Waals surface area contributed by atoms with Crippen molar-refractivity contribution < 1.29 is 0 Å². The number of rotatable bonds is 2. The minimum Gasteiger partial charge on any atom is -0.257 e. The molecule has 0 spiro atoms. The molecule has 0 radical (unpaired) electrons. The zero-order chi connectivity index (χ0) is 9.97. The molecule has 3 nitrogen and oxygen atoms in total. The Bertz CT molecular complexity index is 409. The number of aromatic nitrogens is 3. The molecule has 0 fully saturated rings. The summed E-state index contributed by atoms with van der Waals surface area (Å²) in [6, 6.07) is 0. The van der Waals surface area contributed by atoms with Gasteiger partial charge in [-0.3, -0.25) is 15.0 Å². The molecule has 0 aliphatic carbocycles. The lowest BCUT2D eigenvalue weighted by Crippen LogP contribution is -1.97. The molecule has 0 aliphatic rings. The van der Waals surface area contributed by atoms with E-state index in [0.29, 0.717) is 5.92 Å². The molecule has 2 aromatic heterocycles. The molecule has 2 aromatic rings. The maximum absolute atomic E-state index is 4.35. The third-order valence-electron chi connectivity index (χ3n) is 1.94. The highest BCUT2D eigenvalue weighted by Crippen LogP contribution is 2.27. The van der Waals surface area contributed by atoms with Crippen molar-refractivity contribution in [3.8, 4) is 10.6 Å². The Balaban J connectivity index is 2.53. The zero-order valence-electron chi connectivity index (χ0n) is 8.14. The minimum atomic E-state index is 0.390. The molecule has 2 rings (SSSR count). The maximum Gasteiger partial charge on any atom is 0.104 e. The fourth-order valence-corrected chi connectivity index (χ4v) is 1.92. The van der Waals surface area contributed by atoms with Crippen LogP contribution in [0.25, 0.3) is 10.6 Å². The van der Waals surface area contributed by atoms with Crippen LogP contribution in [0.4, 0.5) is 0 Å². The highest BCUT2D eigenvalue weighted by atomic mass is 32.1. The van der Waals surface area contributed by atoms with Crippen molar-refractivity contribution in [3.63, 3.8) is 0 Å². The first-order valence-corrected chi connectivity index (χ1v) is 5.36. The van der Waals surface area contributed by atoms with Gasteiger partial charge in [-0.1, -0.05) is 13.8 Å². The van der Waals surface area contributed by atoms with Gasteiger partial charge in [0.15, 0.2) is 0 Å². The van der Waals surface area contributed by atoms with Crippen molar-refractivity contribution in [1.82, 2.24) is 15.0 Å². The minimum absolute atomic E-state index is 0.390. The van der Waals surface area contributed by atoms with Crippen LogP contribution in [-0.4, -0.2) is 15.0 Å². The van der Waals surface area contributed by atoms with Gasteiger partial charge >= 0.3 is 0 Å². The summed E-state index contributed by atoms with van der Waals surface area (Å²) < 4.78 is 0. The molecular weight excluding hydrogens is 194 g/mol. The van der Waals surface area contributed by atoms with Crippen molar-refractivity contribution in [1.29, 1.82) is 0 Å². The summed E-state index contributed by atoms with van der Waals surface area (Å²) in [7, 11) is 0. The van der Waals surface area contributed by atoms with Crippen LogP contribution in [0.1, 0.15) is 25.5 Å². The average Bonchev–Trinajstić information content (AvgIpc) is 2.70. The third-order valence-corrected chi connectivity index (χ3v) is 2.72. The molecular formula is C10H11N3S. The second kappa shape index (κ2) is 3.84. The van der Waals surface area contributed by atoms with Crippen molar-refractivity contribution in [2.24, 2.45) is 0 Å². The van der Waals surface area contributed by atoms with E-state index in [9.17, 15) is 0 Å². The number of nitrogens with zero attached hydrogens (tertiary/aromatic N) is 3. The van der Waals surface area contributed by atoms with Crippen molar-refractivity contribution in [2.75, 3.05) is 0 Å². The predicted octanol–water partition coefficient (Wildman–Crippen LogP) is 2.72. The Morgan fingerprint density at radius 2 is 2.00 bits per heavy atom. The van der Waals surface area contributed by atoms with E-state index < -0.39 is 0 Å². The number of hydrogen-bond donors (Lipinski definition) is 0. The van der Waals surface area contributed by atoms with Crippen LogP contribution in [0.2, 0.25) is 0 Å². The first kappa shape index (κ1) is 9.27. The summed E-state index contributed by atoms with van der Waals surface area (Å²) >= 11 is 1.59. The van der Waals surface area contributed by atoms with Crippen LogP contribution in [0.15, 0.2) is 24.1 Å². The first-order chi connectivity index (χ1) is 6.79. The molecule has 0 atom stereocenters. The van der Waals surface area contributed by atoms with E-state index in [1.165, 1.54) is 0 Å². The van der Waals surface area contributed by atoms with E-state index in [4.69, 9.17) is 0 Å². The fourth-order valence-electron chi connectivity index (χ4n) is 1.29. The normalized spacial score (nSPS) is 10.8. The van der Waals surface area contributed by atoms with Crippen LogP contribution in [0.5, 0.6) is 0 Å². The van der Waals surface area contributed by atoms with Crippen molar-refractivity contribution in [3.05, 3.63) is 29.8 Å². The average molecular weight is 205 g/mol. The van der Waals surface area contributed by atoms with E-state index >= 15 is 0 Å². The lowest BCUT2D eigenvalue weighted by molar-refractivity contribution is 0.816. The van der Waals surface area contributed by atoms with Crippen molar-refractivity contribution in [2.45, 2.75) is 19.8 Å². The summed E-state index contributed by atoms with van der Waals surface area (Å²) in [6.45, 7) is 4.24. The summed E-state index contributed by atoms with van der Waals surface area (Å²) in [6.07, 6.45) is 5.29. The third kappa shape index (κ3) is 1.65. The van der Waals surface area contributed by atoms with Gasteiger partial charge in [0.25, 0.3) is 0 Å². The standard InChI is InChI=1S/C10H11N3S/c1-7(2)9-10(13-4-3-12-9)8-5-11-6-14-8/h3-7H,1-2H3. The van der Waals surface area contributed by atoms with E-state index in [2.05, 4.69) is 28.8 Å². The summed E-state index contributed by atoms with van der Waals surface area (Å²) in [4.78, 5) is 13.8. The molecule has 0 saturated carbocycles. The molecule has 0 bridgehead atoms. The number of thiazole rings is 1. The molecule has 72 valence electrons. The highest BCUT2D eigenvalue weighted by molar-refractivity contribution is 7.13. The van der Waals surface area contributed by atoms with E-state index in [-0.39, 0.29) is 0 Å². The second-order valence-electron chi connectivity index (χ2n) is 3.31. The van der Waals surface area contributed by atoms with Gasteiger partial charge in [-0.15, -0.1) is 11.3 Å². The van der Waals surface area contributed by atoms with Gasteiger partial charge in [-0.05, 0) is 5.92 Å². The lowest BCUT2D eigenvalue weighted by atomic mass is 10.1. The van der Waals surface area contributed by atoms with Crippen LogP contribution in [0.3, 0.4) is 0 Å². The Kier molecular flexibility index (Phi) is 2.54. The fraction of sp³-hybridized carbons (Fsp3) is 0.300. The van der Waals surface area contributed by atoms with Gasteiger partial charge in [0.05, 0.1) is 16.1 Å². The van der Waals surface area contributed by atoms with E-state index in [1.807, 2.05) is 11.7 Å². The molecule has 14 heavy (non-hydrogen) atoms. The lowest BCUT2D eigenvalue weighted by Gasteiger charge is -2.07. The maximum atomic E-state index is 4.35. The largest absolute Gasteiger partial charge is 0.257 e. The molecule has 0 N–H and O–H groups in total. The SMILES string of the molecule is CC(C)c1nccnc1-c1cncs1. The van der Waals surface area contributed by atoms with Crippen molar-refractivity contribution >= 4 is 11.3 Å². The quantitative estimate of drug-likeness (QED) is 0.756. The van der Waals surface area contributed by atoms with E-state index in [1.54, 1.807) is 23.7 Å². The first-order valence-electron chi connectivity index (χ1n) is 4.49. The number of hydrogen-bond acceptors (Lipinski definition) is 4. The monoisotopic (exact) mass is 205 g/mol. The van der Waals surface area contributed by atoms with Crippen LogP contribution < -0.4 is 0 Å². The Hall–Kier alpha value is -1.29. The van der Waals surface area contributed by atoms with Gasteiger partial charge in [0.2, 0.25) is 0 Å². The van der Waals surface area contributed by atoms with Gasteiger partial charge in [0, 0.05) is 18.6 Å². The van der Waals surface area contributed by atoms with Gasteiger partial charge < -0.3 is 0 Å². The topological polar surface area (TPSA) is 38.7 Å². The van der Waals surface area contributed by atoms with Crippen LogP contribution in [0, 0.1) is 0 Å². The van der Waals surface area contributed by atoms with Gasteiger partial charge in [0.1, 0.15) is 5.69 Å². The summed E-state index contributed by atoms with van der Waals surface area (Å²) in [5.74, 6) is 0.390. The molecule has 2 heterocycles.